The Kier molecular flexibility index (Phi) is 4.25. The van der Waals surface area contributed by atoms with E-state index in [1.54, 1.807) is 4.57 Å². The fourth-order valence-corrected chi connectivity index (χ4v) is 2.44. The van der Waals surface area contributed by atoms with E-state index in [9.17, 15) is 8.78 Å². The molecule has 2 N–H and O–H groups in total. The number of aryl methyl sites for hydroxylation is 1. The number of hydrogen-bond donors (Lipinski definition) is 1. The molecule has 0 bridgehead atoms. The standard InChI is InChI=1S/C17H17F2N3O/c1-11-2-4-12(5-3-11)23-10-17-21-15-8-13(18)14(19)9-16(15)22(17)7-6-20/h2-5,8-9H,6-7,10,20H2,1H3. The first-order valence-electron chi connectivity index (χ1n) is 7.32. The number of nitrogens with two attached hydrogens (primary N) is 1. The smallest absolute Gasteiger partial charge is 0.161 e. The third-order valence-corrected chi connectivity index (χ3v) is 3.61. The number of hydrogen-bond acceptors (Lipinski definition) is 3. The summed E-state index contributed by atoms with van der Waals surface area (Å²) in [5, 5.41) is 0. The molecule has 0 aliphatic rings. The molecule has 120 valence electrons. The van der Waals surface area contributed by atoms with Crippen LogP contribution in [-0.2, 0) is 13.2 Å². The first-order chi connectivity index (χ1) is 11.1. The molecule has 0 amide bonds. The zero-order chi connectivity index (χ0) is 16.4. The van der Waals surface area contributed by atoms with Crippen LogP contribution in [0.2, 0.25) is 0 Å². The van der Waals surface area contributed by atoms with E-state index in [2.05, 4.69) is 4.98 Å². The van der Waals surface area contributed by atoms with Crippen molar-refractivity contribution in [2.24, 2.45) is 5.73 Å². The average Bonchev–Trinajstić information content (AvgIpc) is 2.85. The first kappa shape index (κ1) is 15.4. The van der Waals surface area contributed by atoms with Gasteiger partial charge in [0.15, 0.2) is 11.6 Å². The van der Waals surface area contributed by atoms with E-state index in [-0.39, 0.29) is 6.61 Å². The number of ether oxygens (including phenoxy) is 1. The van der Waals surface area contributed by atoms with E-state index >= 15 is 0 Å². The summed E-state index contributed by atoms with van der Waals surface area (Å²) in [5.74, 6) is -0.530. The molecule has 0 unspecified atom stereocenters. The van der Waals surface area contributed by atoms with Gasteiger partial charge in [0, 0.05) is 25.2 Å². The number of imidazole rings is 1. The summed E-state index contributed by atoms with van der Waals surface area (Å²) < 4.78 is 34.3. The van der Waals surface area contributed by atoms with Gasteiger partial charge in [-0.15, -0.1) is 0 Å². The molecule has 3 rings (SSSR count). The quantitative estimate of drug-likeness (QED) is 0.786. The Morgan fingerprint density at radius 3 is 2.52 bits per heavy atom. The van der Waals surface area contributed by atoms with Gasteiger partial charge in [0.05, 0.1) is 11.0 Å². The Labute approximate surface area is 132 Å². The van der Waals surface area contributed by atoms with E-state index in [0.29, 0.717) is 35.7 Å². The van der Waals surface area contributed by atoms with Crippen LogP contribution in [0.25, 0.3) is 11.0 Å². The van der Waals surface area contributed by atoms with Crippen molar-refractivity contribution < 1.29 is 13.5 Å². The van der Waals surface area contributed by atoms with Gasteiger partial charge in [0.1, 0.15) is 18.2 Å². The van der Waals surface area contributed by atoms with E-state index in [0.717, 1.165) is 17.7 Å². The van der Waals surface area contributed by atoms with Crippen molar-refractivity contribution in [1.29, 1.82) is 0 Å². The molecule has 0 spiro atoms. The molecule has 6 heteroatoms. The lowest BCUT2D eigenvalue weighted by atomic mass is 10.2. The lowest BCUT2D eigenvalue weighted by Gasteiger charge is -2.09. The molecule has 0 saturated heterocycles. The molecule has 1 heterocycles. The zero-order valence-corrected chi connectivity index (χ0v) is 12.7. The number of benzene rings is 2. The third-order valence-electron chi connectivity index (χ3n) is 3.61. The second-order valence-corrected chi connectivity index (χ2v) is 5.33. The molecule has 0 fully saturated rings. The van der Waals surface area contributed by atoms with Crippen LogP contribution in [0, 0.1) is 18.6 Å². The third kappa shape index (κ3) is 3.17. The maximum absolute atomic E-state index is 13.5. The van der Waals surface area contributed by atoms with Crippen LogP contribution in [-0.4, -0.2) is 16.1 Å². The predicted molar refractivity (Wildman–Crippen MR) is 84.2 cm³/mol. The second-order valence-electron chi connectivity index (χ2n) is 5.33. The summed E-state index contributed by atoms with van der Waals surface area (Å²) in [6.45, 7) is 3.00. The molecule has 0 aliphatic heterocycles. The Balaban J connectivity index is 1.92. The number of rotatable bonds is 5. The predicted octanol–water partition coefficient (Wildman–Crippen LogP) is 3.16. The van der Waals surface area contributed by atoms with E-state index < -0.39 is 11.6 Å². The van der Waals surface area contributed by atoms with E-state index in [4.69, 9.17) is 10.5 Å². The van der Waals surface area contributed by atoms with Crippen LogP contribution in [0.15, 0.2) is 36.4 Å². The number of fused-ring (bicyclic) bond motifs is 1. The fraction of sp³-hybridized carbons (Fsp3) is 0.235. The first-order valence-corrected chi connectivity index (χ1v) is 7.32. The van der Waals surface area contributed by atoms with Crippen molar-refractivity contribution in [3.05, 3.63) is 59.4 Å². The second kappa shape index (κ2) is 6.34. The molecule has 2 aromatic carbocycles. The van der Waals surface area contributed by atoms with E-state index in [1.165, 1.54) is 0 Å². The lowest BCUT2D eigenvalue weighted by Crippen LogP contribution is -2.14. The molecule has 4 nitrogen and oxygen atoms in total. The Morgan fingerprint density at radius 1 is 1.13 bits per heavy atom. The van der Waals surface area contributed by atoms with Crippen LogP contribution in [0.4, 0.5) is 8.78 Å². The van der Waals surface area contributed by atoms with Crippen molar-refractivity contribution in [3.63, 3.8) is 0 Å². The van der Waals surface area contributed by atoms with Gasteiger partial charge < -0.3 is 15.0 Å². The van der Waals surface area contributed by atoms with Gasteiger partial charge in [-0.3, -0.25) is 0 Å². The van der Waals surface area contributed by atoms with Crippen LogP contribution < -0.4 is 10.5 Å². The normalized spacial score (nSPS) is 11.1. The summed E-state index contributed by atoms with van der Waals surface area (Å²) >= 11 is 0. The Hall–Kier alpha value is -2.47. The highest BCUT2D eigenvalue weighted by Gasteiger charge is 2.14. The minimum Gasteiger partial charge on any atom is -0.486 e. The largest absolute Gasteiger partial charge is 0.486 e. The SMILES string of the molecule is Cc1ccc(OCc2nc3cc(F)c(F)cc3n2CCN)cc1. The van der Waals surface area contributed by atoms with Gasteiger partial charge in [0.25, 0.3) is 0 Å². The van der Waals surface area contributed by atoms with Gasteiger partial charge in [0.2, 0.25) is 0 Å². The molecule has 0 aliphatic carbocycles. The maximum atomic E-state index is 13.5. The van der Waals surface area contributed by atoms with Gasteiger partial charge in [-0.05, 0) is 19.1 Å². The van der Waals surface area contributed by atoms with Gasteiger partial charge in [-0.1, -0.05) is 17.7 Å². The number of halogens is 2. The van der Waals surface area contributed by atoms with Crippen LogP contribution in [0.1, 0.15) is 11.4 Å². The van der Waals surface area contributed by atoms with Gasteiger partial charge >= 0.3 is 0 Å². The topological polar surface area (TPSA) is 53.1 Å². The summed E-state index contributed by atoms with van der Waals surface area (Å²) in [6, 6.07) is 9.86. The van der Waals surface area contributed by atoms with E-state index in [1.807, 2.05) is 31.2 Å². The molecule has 0 radical (unpaired) electrons. The highest BCUT2D eigenvalue weighted by molar-refractivity contribution is 5.76. The maximum Gasteiger partial charge on any atom is 0.161 e. The zero-order valence-electron chi connectivity index (χ0n) is 12.7. The minimum atomic E-state index is -0.916. The summed E-state index contributed by atoms with van der Waals surface area (Å²) in [5.41, 5.74) is 7.65. The molecule has 3 aromatic rings. The average molecular weight is 317 g/mol. The van der Waals surface area contributed by atoms with Crippen molar-refractivity contribution >= 4 is 11.0 Å². The summed E-state index contributed by atoms with van der Waals surface area (Å²) in [4.78, 5) is 4.34. The highest BCUT2D eigenvalue weighted by Crippen LogP contribution is 2.21. The lowest BCUT2D eigenvalue weighted by molar-refractivity contribution is 0.290. The van der Waals surface area contributed by atoms with Crippen LogP contribution >= 0.6 is 0 Å². The van der Waals surface area contributed by atoms with Crippen molar-refractivity contribution in [1.82, 2.24) is 9.55 Å². The Morgan fingerprint density at radius 2 is 1.83 bits per heavy atom. The van der Waals surface area contributed by atoms with Crippen LogP contribution in [0.5, 0.6) is 5.75 Å². The van der Waals surface area contributed by atoms with Crippen molar-refractivity contribution in [2.45, 2.75) is 20.1 Å². The number of aromatic nitrogens is 2. The van der Waals surface area contributed by atoms with Gasteiger partial charge in [-0.2, -0.15) is 0 Å². The Bertz CT molecular complexity index is 828. The summed E-state index contributed by atoms with van der Waals surface area (Å²) in [6.07, 6.45) is 0. The monoisotopic (exact) mass is 317 g/mol. The summed E-state index contributed by atoms with van der Waals surface area (Å²) in [7, 11) is 0. The van der Waals surface area contributed by atoms with Crippen LogP contribution in [0.3, 0.4) is 0 Å². The molecule has 0 atom stereocenters. The van der Waals surface area contributed by atoms with Gasteiger partial charge in [-0.25, -0.2) is 13.8 Å². The molecule has 1 aromatic heterocycles. The van der Waals surface area contributed by atoms with Crippen molar-refractivity contribution in [3.8, 4) is 5.75 Å². The molecular weight excluding hydrogens is 300 g/mol. The highest BCUT2D eigenvalue weighted by atomic mass is 19.2. The molecule has 0 saturated carbocycles. The number of nitrogens with zero attached hydrogens (tertiary/aromatic N) is 2. The molecular formula is C17H17F2N3O. The molecule has 23 heavy (non-hydrogen) atoms. The minimum absolute atomic E-state index is 0.195. The fourth-order valence-electron chi connectivity index (χ4n) is 2.44. The van der Waals surface area contributed by atoms with Crippen molar-refractivity contribution in [2.75, 3.05) is 6.54 Å².